The monoisotopic (exact) mass is 262 g/mol. The number of carboxylic acids is 1. The van der Waals surface area contributed by atoms with E-state index in [0.29, 0.717) is 11.5 Å². The molecule has 1 aromatic carbocycles. The van der Waals surface area contributed by atoms with Gasteiger partial charge in [-0.2, -0.15) is 0 Å². The van der Waals surface area contributed by atoms with Crippen LogP contribution < -0.4 is 9.47 Å². The Morgan fingerprint density at radius 1 is 1.16 bits per heavy atom. The molecule has 0 spiro atoms. The summed E-state index contributed by atoms with van der Waals surface area (Å²) in [7, 11) is 3.10. The van der Waals surface area contributed by atoms with Gasteiger partial charge in [0, 0.05) is 5.56 Å². The summed E-state index contributed by atoms with van der Waals surface area (Å²) >= 11 is 0. The highest BCUT2D eigenvalue weighted by Crippen LogP contribution is 2.24. The number of ether oxygens (including phenoxy) is 2. The normalized spacial score (nSPS) is 10.8. The van der Waals surface area contributed by atoms with Crippen LogP contribution in [0.2, 0.25) is 0 Å². The van der Waals surface area contributed by atoms with E-state index in [2.05, 4.69) is 0 Å². The van der Waals surface area contributed by atoms with Crippen LogP contribution in [0, 0.1) is 0 Å². The molecule has 5 heteroatoms. The lowest BCUT2D eigenvalue weighted by Crippen LogP contribution is -2.08. The predicted molar refractivity (Wildman–Crippen MR) is 70.4 cm³/mol. The maximum absolute atomic E-state index is 10.8. The van der Waals surface area contributed by atoms with Crippen molar-refractivity contribution in [2.45, 2.75) is 0 Å². The van der Waals surface area contributed by atoms with Gasteiger partial charge in [-0.15, -0.1) is 0 Å². The van der Waals surface area contributed by atoms with Crippen molar-refractivity contribution in [1.29, 1.82) is 0 Å². The Balaban J connectivity index is 2.86. The van der Waals surface area contributed by atoms with Crippen molar-refractivity contribution in [3.05, 3.63) is 42.0 Å². The topological polar surface area (TPSA) is 72.8 Å². The molecule has 0 fully saturated rings. The summed E-state index contributed by atoms with van der Waals surface area (Å²) in [5, 5.41) is 8.39. The highest BCUT2D eigenvalue weighted by molar-refractivity contribution is 6.37. The van der Waals surface area contributed by atoms with Gasteiger partial charge in [-0.1, -0.05) is 18.2 Å². The number of rotatable bonds is 6. The van der Waals surface area contributed by atoms with Crippen LogP contribution in [0.4, 0.5) is 0 Å². The molecule has 0 aliphatic heterocycles. The van der Waals surface area contributed by atoms with Gasteiger partial charge < -0.3 is 14.6 Å². The van der Waals surface area contributed by atoms with Crippen LogP contribution in [0.5, 0.6) is 11.5 Å². The second kappa shape index (κ2) is 7.00. The molecule has 100 valence electrons. The summed E-state index contributed by atoms with van der Waals surface area (Å²) in [6.07, 6.45) is 5.58. The number of methoxy groups -OCH3 is 2. The number of hydrogen-bond acceptors (Lipinski definition) is 4. The molecule has 0 amide bonds. The van der Waals surface area contributed by atoms with Crippen molar-refractivity contribution in [2.24, 2.45) is 0 Å². The molecule has 0 saturated carbocycles. The molecule has 0 saturated heterocycles. The highest BCUT2D eigenvalue weighted by atomic mass is 16.5. The molecule has 0 aromatic heterocycles. The van der Waals surface area contributed by atoms with Crippen molar-refractivity contribution >= 4 is 17.8 Å². The van der Waals surface area contributed by atoms with Gasteiger partial charge in [-0.25, -0.2) is 4.79 Å². The second-order valence-corrected chi connectivity index (χ2v) is 3.50. The fourth-order valence-electron chi connectivity index (χ4n) is 1.34. The molecule has 19 heavy (non-hydrogen) atoms. The molecule has 0 atom stereocenters. The van der Waals surface area contributed by atoms with E-state index >= 15 is 0 Å². The predicted octanol–water partition coefficient (Wildman–Crippen LogP) is 1.93. The zero-order valence-electron chi connectivity index (χ0n) is 10.6. The maximum Gasteiger partial charge on any atom is 0.376 e. The lowest BCUT2D eigenvalue weighted by molar-refractivity contribution is -0.146. The van der Waals surface area contributed by atoms with Crippen molar-refractivity contribution < 1.29 is 24.2 Å². The Bertz CT molecular complexity index is 529. The minimum atomic E-state index is -1.48. The first-order valence-corrected chi connectivity index (χ1v) is 5.42. The highest BCUT2D eigenvalue weighted by Gasteiger charge is 2.04. The lowest BCUT2D eigenvalue weighted by atomic mass is 10.1. The second-order valence-electron chi connectivity index (χ2n) is 3.50. The molecule has 5 nitrogen and oxygen atoms in total. The quantitative estimate of drug-likeness (QED) is 0.481. The number of carboxylic acid groups (broad SMARTS) is 1. The average molecular weight is 262 g/mol. The molecule has 0 aliphatic carbocycles. The standard InChI is InChI=1S/C14H14O5/c1-18-11-7-8-13(19-2)10(9-11)5-3-4-6-12(15)14(16)17/h3-9H,1-2H3,(H,16,17)/b5-3+,6-4+. The van der Waals surface area contributed by atoms with Gasteiger partial charge in [0.1, 0.15) is 11.5 Å². The van der Waals surface area contributed by atoms with Gasteiger partial charge in [0.2, 0.25) is 0 Å². The first-order valence-electron chi connectivity index (χ1n) is 5.42. The first kappa shape index (κ1) is 14.5. The van der Waals surface area contributed by atoms with Crippen molar-refractivity contribution in [3.63, 3.8) is 0 Å². The minimum absolute atomic E-state index is 0.648. The third-order valence-corrected chi connectivity index (χ3v) is 2.28. The summed E-state index contributed by atoms with van der Waals surface area (Å²) in [4.78, 5) is 21.1. The SMILES string of the molecule is COc1ccc(OC)c(/C=C/C=C/C(=O)C(=O)O)c1. The molecule has 0 unspecified atom stereocenters. The Morgan fingerprint density at radius 3 is 2.47 bits per heavy atom. The fraction of sp³-hybridized carbons (Fsp3) is 0.143. The Hall–Kier alpha value is -2.56. The molecular weight excluding hydrogens is 248 g/mol. The molecule has 1 rings (SSSR count). The van der Waals surface area contributed by atoms with E-state index in [9.17, 15) is 9.59 Å². The summed E-state index contributed by atoms with van der Waals surface area (Å²) in [5.41, 5.74) is 0.759. The Labute approximate surface area is 110 Å². The van der Waals surface area contributed by atoms with E-state index in [1.807, 2.05) is 0 Å². The number of benzene rings is 1. The number of aliphatic carboxylic acids is 1. The summed E-state index contributed by atoms with van der Waals surface area (Å²) in [5.74, 6) is -1.13. The molecule has 0 bridgehead atoms. The van der Waals surface area contributed by atoms with Crippen LogP contribution >= 0.6 is 0 Å². The van der Waals surface area contributed by atoms with Crippen LogP contribution in [-0.2, 0) is 9.59 Å². The fourth-order valence-corrected chi connectivity index (χ4v) is 1.34. The Morgan fingerprint density at radius 2 is 1.89 bits per heavy atom. The summed E-state index contributed by atoms with van der Waals surface area (Å²) < 4.78 is 10.3. The summed E-state index contributed by atoms with van der Waals surface area (Å²) in [6, 6.07) is 5.28. The number of allylic oxidation sites excluding steroid dienone is 2. The molecular formula is C14H14O5. The van der Waals surface area contributed by atoms with E-state index in [1.165, 1.54) is 6.08 Å². The lowest BCUT2D eigenvalue weighted by Gasteiger charge is -2.06. The van der Waals surface area contributed by atoms with Crippen LogP contribution in [0.25, 0.3) is 6.08 Å². The minimum Gasteiger partial charge on any atom is -0.497 e. The largest absolute Gasteiger partial charge is 0.497 e. The van der Waals surface area contributed by atoms with Gasteiger partial charge >= 0.3 is 5.97 Å². The molecule has 1 aromatic rings. The number of hydrogen-bond donors (Lipinski definition) is 1. The third kappa shape index (κ3) is 4.31. The average Bonchev–Trinajstić information content (AvgIpc) is 2.42. The van der Waals surface area contributed by atoms with Crippen molar-refractivity contribution in [1.82, 2.24) is 0 Å². The summed E-state index contributed by atoms with van der Waals surface area (Å²) in [6.45, 7) is 0. The maximum atomic E-state index is 10.8. The van der Waals surface area contributed by atoms with Gasteiger partial charge in [0.15, 0.2) is 0 Å². The van der Waals surface area contributed by atoms with Crippen LogP contribution in [0.15, 0.2) is 36.4 Å². The first-order chi connectivity index (χ1) is 9.08. The van der Waals surface area contributed by atoms with Gasteiger partial charge in [-0.3, -0.25) is 4.79 Å². The third-order valence-electron chi connectivity index (χ3n) is 2.28. The van der Waals surface area contributed by atoms with Crippen molar-refractivity contribution in [2.75, 3.05) is 14.2 Å². The number of ketones is 1. The van der Waals surface area contributed by atoms with E-state index in [-0.39, 0.29) is 0 Å². The van der Waals surface area contributed by atoms with E-state index < -0.39 is 11.8 Å². The van der Waals surface area contributed by atoms with Gasteiger partial charge in [-0.05, 0) is 24.3 Å². The molecule has 0 radical (unpaired) electrons. The van der Waals surface area contributed by atoms with Gasteiger partial charge in [0.05, 0.1) is 14.2 Å². The number of carbonyl (C=O) groups is 2. The smallest absolute Gasteiger partial charge is 0.376 e. The van der Waals surface area contributed by atoms with Crippen molar-refractivity contribution in [3.8, 4) is 11.5 Å². The zero-order chi connectivity index (χ0) is 14.3. The van der Waals surface area contributed by atoms with Crippen LogP contribution in [-0.4, -0.2) is 31.1 Å². The van der Waals surface area contributed by atoms with Crippen LogP contribution in [0.1, 0.15) is 5.56 Å². The van der Waals surface area contributed by atoms with Gasteiger partial charge in [0.25, 0.3) is 5.78 Å². The number of carbonyl (C=O) groups excluding carboxylic acids is 1. The van der Waals surface area contributed by atoms with E-state index in [4.69, 9.17) is 14.6 Å². The molecule has 1 N–H and O–H groups in total. The molecule has 0 heterocycles. The van der Waals surface area contributed by atoms with E-state index in [0.717, 1.165) is 11.6 Å². The van der Waals surface area contributed by atoms with Crippen LogP contribution in [0.3, 0.4) is 0 Å². The Kier molecular flexibility index (Phi) is 5.35. The van der Waals surface area contributed by atoms with E-state index in [1.54, 1.807) is 44.6 Å². The zero-order valence-corrected chi connectivity index (χ0v) is 10.6. The molecule has 0 aliphatic rings.